The molecule has 0 fully saturated rings. The second-order valence-electron chi connectivity index (χ2n) is 7.74. The van der Waals surface area contributed by atoms with Crippen molar-refractivity contribution in [2.24, 2.45) is 0 Å². The van der Waals surface area contributed by atoms with Gasteiger partial charge >= 0.3 is 18.1 Å². The van der Waals surface area contributed by atoms with Crippen molar-refractivity contribution in [2.75, 3.05) is 18.5 Å². The van der Waals surface area contributed by atoms with Gasteiger partial charge in [0.2, 0.25) is 5.91 Å². The normalized spacial score (nSPS) is 12.1. The lowest BCUT2D eigenvalue weighted by atomic mass is 10.1. The van der Waals surface area contributed by atoms with E-state index in [0.717, 1.165) is 29.2 Å². The predicted molar refractivity (Wildman–Crippen MR) is 137 cm³/mol. The minimum Gasteiger partial charge on any atom is -0.462 e. The number of thioether (sulfide) groups is 1. The summed E-state index contributed by atoms with van der Waals surface area (Å²) in [5.41, 5.74) is -0.332. The molecule has 0 unspecified atom stereocenters. The molecule has 3 rings (SSSR count). The van der Waals surface area contributed by atoms with Gasteiger partial charge in [0.25, 0.3) is 0 Å². The lowest BCUT2D eigenvalue weighted by molar-refractivity contribution is -0.141. The number of nitrogens with one attached hydrogen (secondary N) is 1. The number of alkyl halides is 3. The molecule has 1 N–H and O–H groups in total. The van der Waals surface area contributed by atoms with Crippen LogP contribution in [0.5, 0.6) is 0 Å². The van der Waals surface area contributed by atoms with Crippen LogP contribution in [-0.4, -0.2) is 46.3 Å². The maximum atomic E-state index is 13.5. The van der Waals surface area contributed by atoms with Crippen LogP contribution in [0, 0.1) is 6.92 Å². The largest absolute Gasteiger partial charge is 0.462 e. The second-order valence-corrected chi connectivity index (χ2v) is 10.1. The fraction of sp³-hybridized carbons (Fsp3) is 0.320. The Balaban J connectivity index is 1.90. The molecule has 3 aromatic rings. The zero-order chi connectivity index (χ0) is 28.0. The van der Waals surface area contributed by atoms with E-state index in [-0.39, 0.29) is 45.1 Å². The third kappa shape index (κ3) is 6.90. The molecular formula is C25H24F3N3O5S2. The van der Waals surface area contributed by atoms with Gasteiger partial charge in [0.1, 0.15) is 15.6 Å². The van der Waals surface area contributed by atoms with Crippen molar-refractivity contribution in [3.05, 3.63) is 58.1 Å². The van der Waals surface area contributed by atoms with Gasteiger partial charge in [-0.15, -0.1) is 11.3 Å². The van der Waals surface area contributed by atoms with E-state index in [2.05, 4.69) is 15.3 Å². The summed E-state index contributed by atoms with van der Waals surface area (Å²) in [4.78, 5) is 45.9. The van der Waals surface area contributed by atoms with Gasteiger partial charge in [-0.25, -0.2) is 19.6 Å². The van der Waals surface area contributed by atoms with Crippen LogP contribution in [0.15, 0.2) is 41.6 Å². The number of aromatic nitrogens is 2. The van der Waals surface area contributed by atoms with Crippen molar-refractivity contribution in [2.45, 2.75) is 44.3 Å². The number of carbonyl (C=O) groups is 3. The maximum absolute atomic E-state index is 13.5. The number of hydrogen-bond acceptors (Lipinski definition) is 9. The first kappa shape index (κ1) is 29.1. The summed E-state index contributed by atoms with van der Waals surface area (Å²) in [7, 11) is 0. The predicted octanol–water partition coefficient (Wildman–Crippen LogP) is 6.01. The molecule has 1 aromatic carbocycles. The number of esters is 2. The van der Waals surface area contributed by atoms with Gasteiger partial charge in [0, 0.05) is 5.56 Å². The van der Waals surface area contributed by atoms with Crippen LogP contribution in [0.25, 0.3) is 11.3 Å². The fourth-order valence-corrected chi connectivity index (χ4v) is 5.12. The first-order valence-corrected chi connectivity index (χ1v) is 13.1. The van der Waals surface area contributed by atoms with Crippen molar-refractivity contribution in [1.82, 2.24) is 9.97 Å². The Labute approximate surface area is 225 Å². The average Bonchev–Trinajstić information content (AvgIpc) is 3.19. The molecule has 0 aliphatic carbocycles. The van der Waals surface area contributed by atoms with E-state index in [1.165, 1.54) is 13.8 Å². The van der Waals surface area contributed by atoms with E-state index in [0.29, 0.717) is 5.56 Å². The van der Waals surface area contributed by atoms with Crippen molar-refractivity contribution in [3.8, 4) is 11.3 Å². The number of ether oxygens (including phenoxy) is 2. The zero-order valence-electron chi connectivity index (χ0n) is 20.8. The number of anilines is 1. The third-order valence-corrected chi connectivity index (χ3v) is 7.19. The number of nitrogens with zero attached hydrogens (tertiary/aromatic N) is 2. The Morgan fingerprint density at radius 2 is 1.68 bits per heavy atom. The minimum absolute atomic E-state index is 0.00661. The van der Waals surface area contributed by atoms with Crippen molar-refractivity contribution < 1.29 is 37.0 Å². The van der Waals surface area contributed by atoms with Gasteiger partial charge in [-0.05, 0) is 39.3 Å². The van der Waals surface area contributed by atoms with Crippen LogP contribution >= 0.6 is 23.1 Å². The second kappa shape index (κ2) is 12.4. The minimum atomic E-state index is -4.72. The zero-order valence-corrected chi connectivity index (χ0v) is 22.5. The van der Waals surface area contributed by atoms with Gasteiger partial charge in [0.05, 0.1) is 29.7 Å². The number of halogens is 3. The summed E-state index contributed by atoms with van der Waals surface area (Å²) < 4.78 is 50.7. The topological polar surface area (TPSA) is 107 Å². The van der Waals surface area contributed by atoms with Crippen LogP contribution in [-0.2, 0) is 20.4 Å². The molecular weight excluding hydrogens is 543 g/mol. The average molecular weight is 568 g/mol. The van der Waals surface area contributed by atoms with E-state index >= 15 is 0 Å². The van der Waals surface area contributed by atoms with E-state index < -0.39 is 35.0 Å². The van der Waals surface area contributed by atoms with Crippen molar-refractivity contribution in [3.63, 3.8) is 0 Å². The van der Waals surface area contributed by atoms with Crippen LogP contribution in [0.4, 0.5) is 18.2 Å². The number of rotatable bonds is 9. The van der Waals surface area contributed by atoms with E-state index in [1.54, 1.807) is 44.2 Å². The summed E-state index contributed by atoms with van der Waals surface area (Å²) in [6.07, 6.45) is -4.72. The summed E-state index contributed by atoms with van der Waals surface area (Å²) in [5, 5.41) is 1.44. The Morgan fingerprint density at radius 1 is 1.05 bits per heavy atom. The van der Waals surface area contributed by atoms with E-state index in [9.17, 15) is 27.6 Å². The third-order valence-electron chi connectivity index (χ3n) is 5.04. The van der Waals surface area contributed by atoms with Gasteiger partial charge in [0.15, 0.2) is 5.16 Å². The Bertz CT molecular complexity index is 1330. The molecule has 1 amide bonds. The maximum Gasteiger partial charge on any atom is 0.433 e. The highest BCUT2D eigenvalue weighted by Crippen LogP contribution is 2.36. The highest BCUT2D eigenvalue weighted by Gasteiger charge is 2.34. The van der Waals surface area contributed by atoms with Crippen molar-refractivity contribution >= 4 is 45.9 Å². The van der Waals surface area contributed by atoms with Crippen LogP contribution in [0.2, 0.25) is 0 Å². The van der Waals surface area contributed by atoms with E-state index in [4.69, 9.17) is 9.47 Å². The number of carbonyl (C=O) groups excluding carboxylic acids is 3. The molecule has 0 bridgehead atoms. The summed E-state index contributed by atoms with van der Waals surface area (Å²) >= 11 is 1.57. The molecule has 38 heavy (non-hydrogen) atoms. The molecule has 0 spiro atoms. The summed E-state index contributed by atoms with van der Waals surface area (Å²) in [5.74, 6) is -2.03. The monoisotopic (exact) mass is 567 g/mol. The van der Waals surface area contributed by atoms with Crippen LogP contribution in [0.1, 0.15) is 52.1 Å². The molecule has 13 heteroatoms. The lowest BCUT2D eigenvalue weighted by Gasteiger charge is -2.14. The Kier molecular flexibility index (Phi) is 9.50. The Hall–Kier alpha value is -3.45. The van der Waals surface area contributed by atoms with Crippen LogP contribution in [0.3, 0.4) is 0 Å². The van der Waals surface area contributed by atoms with E-state index in [1.807, 2.05) is 0 Å². The molecule has 0 aliphatic rings. The quantitative estimate of drug-likeness (QED) is 0.190. The standard InChI is InChI=1S/C25H24F3N3O5S2/c1-5-35-22(33)18-13(3)19(23(34)36-6-2)38-21(18)31-20(32)14(4)37-24-29-16(15-10-8-7-9-11-15)12-17(30-24)25(26,27)28/h7-12,14H,5-6H2,1-4H3,(H,31,32)/t14-/m1/s1. The van der Waals surface area contributed by atoms with Gasteiger partial charge in [-0.2, -0.15) is 13.2 Å². The SMILES string of the molecule is CCOC(=O)c1sc(NC(=O)[C@@H](C)Sc2nc(-c3ccccc3)cc(C(F)(F)F)n2)c(C(=O)OCC)c1C. The highest BCUT2D eigenvalue weighted by molar-refractivity contribution is 8.00. The highest BCUT2D eigenvalue weighted by atomic mass is 32.2. The molecule has 1 atom stereocenters. The Morgan fingerprint density at radius 3 is 2.29 bits per heavy atom. The molecule has 8 nitrogen and oxygen atoms in total. The molecule has 202 valence electrons. The van der Waals surface area contributed by atoms with Gasteiger partial charge in [-0.3, -0.25) is 4.79 Å². The molecule has 0 aliphatic heterocycles. The first-order valence-electron chi connectivity index (χ1n) is 11.4. The lowest BCUT2D eigenvalue weighted by Crippen LogP contribution is -2.23. The number of amides is 1. The van der Waals surface area contributed by atoms with Crippen LogP contribution < -0.4 is 5.32 Å². The number of hydrogen-bond donors (Lipinski definition) is 1. The van der Waals surface area contributed by atoms with Crippen molar-refractivity contribution in [1.29, 1.82) is 0 Å². The molecule has 0 saturated heterocycles. The molecule has 2 heterocycles. The first-order chi connectivity index (χ1) is 18.0. The smallest absolute Gasteiger partial charge is 0.433 e. The summed E-state index contributed by atoms with van der Waals surface area (Å²) in [6, 6.07) is 9.14. The molecule has 0 radical (unpaired) electrons. The van der Waals surface area contributed by atoms with Gasteiger partial charge < -0.3 is 14.8 Å². The summed E-state index contributed by atoms with van der Waals surface area (Å²) in [6.45, 7) is 6.42. The number of benzene rings is 1. The molecule has 0 saturated carbocycles. The number of thiophene rings is 1. The fourth-order valence-electron chi connectivity index (χ4n) is 3.25. The van der Waals surface area contributed by atoms with Gasteiger partial charge in [-0.1, -0.05) is 42.1 Å². The molecule has 2 aromatic heterocycles.